The molecule has 12 nitrogen and oxygen atoms in total. The first-order valence-electron chi connectivity index (χ1n) is 14.1. The zero-order chi connectivity index (χ0) is 28.1. The number of hydrogen-bond donors (Lipinski definition) is 1. The third kappa shape index (κ3) is 4.85. The van der Waals surface area contributed by atoms with Crippen LogP contribution in [0.25, 0.3) is 0 Å². The lowest BCUT2D eigenvalue weighted by Crippen LogP contribution is -2.54. The van der Waals surface area contributed by atoms with Crippen LogP contribution in [0.15, 0.2) is 23.1 Å². The molecule has 5 aliphatic rings. The van der Waals surface area contributed by atoms with Gasteiger partial charge in [0.25, 0.3) is 11.8 Å². The summed E-state index contributed by atoms with van der Waals surface area (Å²) >= 11 is 1.85. The van der Waals surface area contributed by atoms with Gasteiger partial charge in [0.1, 0.15) is 11.9 Å². The second-order valence-electron chi connectivity index (χ2n) is 10.9. The summed E-state index contributed by atoms with van der Waals surface area (Å²) in [7, 11) is 0. The molecule has 214 valence electrons. The zero-order valence-corrected chi connectivity index (χ0v) is 23.5. The second-order valence-corrected chi connectivity index (χ2v) is 12.0. The first-order valence-corrected chi connectivity index (χ1v) is 15.1. The molecule has 6 heterocycles. The van der Waals surface area contributed by atoms with Crippen molar-refractivity contribution in [2.75, 3.05) is 68.0 Å². The predicted molar refractivity (Wildman–Crippen MR) is 150 cm³/mol. The number of aromatic nitrogens is 2. The molecule has 0 spiro atoms. The van der Waals surface area contributed by atoms with Crippen molar-refractivity contribution in [2.45, 2.75) is 36.7 Å². The second kappa shape index (κ2) is 10.7. The number of nitrogens with one attached hydrogen (secondary N) is 1. The van der Waals surface area contributed by atoms with Crippen molar-refractivity contribution < 1.29 is 23.9 Å². The van der Waals surface area contributed by atoms with Crippen molar-refractivity contribution >= 4 is 47.2 Å². The Morgan fingerprint density at radius 1 is 0.902 bits per heavy atom. The summed E-state index contributed by atoms with van der Waals surface area (Å²) in [6.07, 6.45) is 1.21. The minimum Gasteiger partial charge on any atom is -0.378 e. The zero-order valence-electron chi connectivity index (χ0n) is 22.6. The molecule has 1 aromatic heterocycles. The summed E-state index contributed by atoms with van der Waals surface area (Å²) in [5.74, 6) is 0.933. The number of ether oxygens (including phenoxy) is 1. The van der Waals surface area contributed by atoms with Crippen molar-refractivity contribution in [1.29, 1.82) is 0 Å². The average Bonchev–Trinajstić information content (AvgIpc) is 3.56. The van der Waals surface area contributed by atoms with E-state index >= 15 is 0 Å². The Kier molecular flexibility index (Phi) is 6.87. The Morgan fingerprint density at radius 3 is 2.46 bits per heavy atom. The molecular weight excluding hydrogens is 546 g/mol. The van der Waals surface area contributed by atoms with Crippen LogP contribution < -0.4 is 15.1 Å². The highest BCUT2D eigenvalue weighted by Gasteiger charge is 2.44. The number of nitrogens with zero attached hydrogens (tertiary/aromatic N) is 6. The number of carbonyl (C=O) groups excluding carboxylic acids is 4. The number of hydrogen-bond acceptors (Lipinski definition) is 11. The lowest BCUT2D eigenvalue weighted by Gasteiger charge is -2.36. The Morgan fingerprint density at radius 2 is 1.68 bits per heavy atom. The topological polar surface area (TPSA) is 128 Å². The standard InChI is InChI=1S/C28H31N7O5S/c36-22-4-3-21(25(37)30-22)35-26(38)18-2-1-17(15-19(18)27(35)39)16-32-6-8-34(9-7-32)28-29-20-5-14-41-23(20)24(31-28)33-10-12-40-13-11-33/h1-2,15,21H,3-14,16H2,(H,30,36,37). The molecule has 7 rings (SSSR count). The summed E-state index contributed by atoms with van der Waals surface area (Å²) < 4.78 is 5.55. The van der Waals surface area contributed by atoms with E-state index < -0.39 is 23.8 Å². The smallest absolute Gasteiger partial charge is 0.262 e. The van der Waals surface area contributed by atoms with Gasteiger partial charge in [0.15, 0.2) is 0 Å². The van der Waals surface area contributed by atoms with Crippen LogP contribution in [0.3, 0.4) is 0 Å². The van der Waals surface area contributed by atoms with Crippen molar-refractivity contribution in [2.24, 2.45) is 0 Å². The van der Waals surface area contributed by atoms with Gasteiger partial charge >= 0.3 is 0 Å². The first kappa shape index (κ1) is 26.4. The van der Waals surface area contributed by atoms with Crippen molar-refractivity contribution in [1.82, 2.24) is 25.1 Å². The van der Waals surface area contributed by atoms with Crippen LogP contribution in [-0.2, 0) is 27.3 Å². The number of piperidine rings is 1. The first-order chi connectivity index (χ1) is 20.0. The van der Waals surface area contributed by atoms with Crippen LogP contribution in [0.4, 0.5) is 11.8 Å². The lowest BCUT2D eigenvalue weighted by molar-refractivity contribution is -0.136. The number of thioether (sulfide) groups is 1. The maximum atomic E-state index is 13.2. The average molecular weight is 578 g/mol. The predicted octanol–water partition coefficient (Wildman–Crippen LogP) is 0.685. The molecule has 3 saturated heterocycles. The van der Waals surface area contributed by atoms with Gasteiger partial charge in [-0.2, -0.15) is 4.98 Å². The van der Waals surface area contributed by atoms with Crippen LogP contribution >= 0.6 is 11.8 Å². The van der Waals surface area contributed by atoms with Gasteiger partial charge in [-0.1, -0.05) is 6.07 Å². The van der Waals surface area contributed by atoms with Gasteiger partial charge in [-0.05, 0) is 24.1 Å². The fourth-order valence-electron chi connectivity index (χ4n) is 6.15. The highest BCUT2D eigenvalue weighted by molar-refractivity contribution is 7.99. The molecule has 1 atom stereocenters. The van der Waals surface area contributed by atoms with Crippen molar-refractivity contribution in [3.05, 3.63) is 40.6 Å². The number of rotatable bonds is 5. The Bertz CT molecular complexity index is 1440. The molecular formula is C28H31N7O5S. The van der Waals surface area contributed by atoms with E-state index in [1.54, 1.807) is 12.1 Å². The monoisotopic (exact) mass is 577 g/mol. The number of morpholine rings is 1. The molecule has 0 aliphatic carbocycles. The minimum absolute atomic E-state index is 0.102. The van der Waals surface area contributed by atoms with Gasteiger partial charge in [0.2, 0.25) is 17.8 Å². The van der Waals surface area contributed by atoms with Gasteiger partial charge < -0.3 is 14.5 Å². The Hall–Kier alpha value is -3.55. The van der Waals surface area contributed by atoms with E-state index in [2.05, 4.69) is 20.0 Å². The molecule has 1 unspecified atom stereocenters. The van der Waals surface area contributed by atoms with Crippen LogP contribution in [0.1, 0.15) is 44.8 Å². The van der Waals surface area contributed by atoms with Gasteiger partial charge in [-0.15, -0.1) is 11.8 Å². The van der Waals surface area contributed by atoms with Crippen LogP contribution in [0, 0.1) is 0 Å². The van der Waals surface area contributed by atoms with E-state index in [0.717, 1.165) is 92.6 Å². The Labute approximate surface area is 241 Å². The van der Waals surface area contributed by atoms with Crippen LogP contribution in [-0.4, -0.2) is 108 Å². The van der Waals surface area contributed by atoms with E-state index in [0.29, 0.717) is 17.7 Å². The quantitative estimate of drug-likeness (QED) is 0.504. The number of amides is 4. The summed E-state index contributed by atoms with van der Waals surface area (Å²) in [6.45, 7) is 6.98. The summed E-state index contributed by atoms with van der Waals surface area (Å²) in [6, 6.07) is 4.36. The largest absolute Gasteiger partial charge is 0.378 e. The molecule has 0 bridgehead atoms. The van der Waals surface area contributed by atoms with E-state index in [9.17, 15) is 19.2 Å². The molecule has 5 aliphatic heterocycles. The Balaban J connectivity index is 1.02. The van der Waals surface area contributed by atoms with Gasteiger partial charge in [0.05, 0.1) is 34.9 Å². The summed E-state index contributed by atoms with van der Waals surface area (Å²) in [5.41, 5.74) is 2.70. The fourth-order valence-corrected chi connectivity index (χ4v) is 7.27. The molecule has 4 amide bonds. The van der Waals surface area contributed by atoms with Crippen molar-refractivity contribution in [3.63, 3.8) is 0 Å². The van der Waals surface area contributed by atoms with Gasteiger partial charge in [-0.25, -0.2) is 4.98 Å². The highest BCUT2D eigenvalue weighted by atomic mass is 32.2. The van der Waals surface area contributed by atoms with E-state index in [1.807, 2.05) is 17.8 Å². The van der Waals surface area contributed by atoms with E-state index in [4.69, 9.17) is 14.7 Å². The van der Waals surface area contributed by atoms with E-state index in [1.165, 1.54) is 4.90 Å². The molecule has 13 heteroatoms. The normalized spacial score (nSPS) is 23.2. The number of imide groups is 2. The third-order valence-corrected chi connectivity index (χ3v) is 9.48. The SMILES string of the molecule is O=C1CCC(N2C(=O)c3ccc(CN4CCN(c5nc6c(c(N7CCOCC7)n5)SCC6)CC4)cc3C2=O)C(=O)N1. The fraction of sp³-hybridized carbons (Fsp3) is 0.500. The maximum absolute atomic E-state index is 13.2. The summed E-state index contributed by atoms with van der Waals surface area (Å²) in [5, 5.41) is 2.23. The number of carbonyl (C=O) groups is 4. The van der Waals surface area contributed by atoms with Crippen LogP contribution in [0.2, 0.25) is 0 Å². The number of piperazine rings is 1. The van der Waals surface area contributed by atoms with Crippen molar-refractivity contribution in [3.8, 4) is 0 Å². The molecule has 2 aromatic rings. The number of aryl methyl sites for hydroxylation is 1. The van der Waals surface area contributed by atoms with Gasteiger partial charge in [-0.3, -0.25) is 34.3 Å². The summed E-state index contributed by atoms with van der Waals surface area (Å²) in [4.78, 5) is 69.2. The third-order valence-electron chi connectivity index (χ3n) is 8.37. The highest BCUT2D eigenvalue weighted by Crippen LogP contribution is 2.39. The molecule has 0 saturated carbocycles. The molecule has 1 aromatic carbocycles. The van der Waals surface area contributed by atoms with E-state index in [-0.39, 0.29) is 18.7 Å². The molecule has 3 fully saturated rings. The van der Waals surface area contributed by atoms with Crippen LogP contribution in [0.5, 0.6) is 0 Å². The maximum Gasteiger partial charge on any atom is 0.262 e. The number of anilines is 2. The lowest BCUT2D eigenvalue weighted by atomic mass is 10.0. The minimum atomic E-state index is -0.958. The number of fused-ring (bicyclic) bond motifs is 2. The molecule has 0 radical (unpaired) electrons. The number of benzene rings is 1. The molecule has 41 heavy (non-hydrogen) atoms. The van der Waals surface area contributed by atoms with Gasteiger partial charge in [0, 0.05) is 64.4 Å². The molecule has 1 N–H and O–H groups in total.